The van der Waals surface area contributed by atoms with E-state index in [1.54, 1.807) is 19.1 Å². The Balaban J connectivity index is 3.40. The number of ether oxygens (including phenoxy) is 2. The summed E-state index contributed by atoms with van der Waals surface area (Å²) in [6, 6.07) is 2.79. The highest BCUT2D eigenvalue weighted by molar-refractivity contribution is 6.41. The van der Waals surface area contributed by atoms with Crippen molar-refractivity contribution in [3.8, 4) is 11.5 Å². The van der Waals surface area contributed by atoms with E-state index in [1.165, 1.54) is 14.2 Å². The molecule has 0 unspecified atom stereocenters. The van der Waals surface area contributed by atoms with Gasteiger partial charge < -0.3 is 15.2 Å². The Labute approximate surface area is 109 Å². The first-order chi connectivity index (χ1) is 7.84. The molecule has 6 heteroatoms. The molecule has 1 aromatic carbocycles. The summed E-state index contributed by atoms with van der Waals surface area (Å²) in [6.07, 6.45) is 0. The van der Waals surface area contributed by atoms with Crippen molar-refractivity contribution < 1.29 is 9.47 Å². The van der Waals surface area contributed by atoms with Gasteiger partial charge in [-0.25, -0.2) is 0 Å². The average molecular weight is 249 g/mol. The lowest BCUT2D eigenvalue weighted by Crippen LogP contribution is -2.44. The second-order valence-electron chi connectivity index (χ2n) is 3.91. The van der Waals surface area contributed by atoms with Gasteiger partial charge in [0.2, 0.25) is 0 Å². The standard InChI is InChI=1S/C11H14B2ClNO2/c1-6(15)11(12,13)7-4-10(17-3)8(14)5-9(7)16-2/h4-6H,15H2,1-3H3/t6-/m1/s1. The van der Waals surface area contributed by atoms with E-state index < -0.39 is 11.3 Å². The van der Waals surface area contributed by atoms with Crippen LogP contribution in [0.15, 0.2) is 12.1 Å². The van der Waals surface area contributed by atoms with Crippen LogP contribution in [0.1, 0.15) is 12.5 Å². The van der Waals surface area contributed by atoms with Crippen molar-refractivity contribution in [3.63, 3.8) is 0 Å². The molecule has 0 spiro atoms. The molecule has 2 N–H and O–H groups in total. The summed E-state index contributed by atoms with van der Waals surface area (Å²) in [5.41, 5.74) is 6.33. The number of nitrogens with two attached hydrogens (primary N) is 1. The third-order valence-electron chi connectivity index (χ3n) is 2.69. The van der Waals surface area contributed by atoms with Gasteiger partial charge in [-0.3, -0.25) is 0 Å². The smallest absolute Gasteiger partial charge is 0.137 e. The van der Waals surface area contributed by atoms with Gasteiger partial charge in [0.05, 0.1) is 34.9 Å². The quantitative estimate of drug-likeness (QED) is 0.815. The van der Waals surface area contributed by atoms with Crippen LogP contribution in [0.5, 0.6) is 11.5 Å². The molecule has 0 saturated heterocycles. The van der Waals surface area contributed by atoms with Crippen LogP contribution in [0.2, 0.25) is 5.02 Å². The zero-order valence-electron chi connectivity index (χ0n) is 10.2. The van der Waals surface area contributed by atoms with E-state index >= 15 is 0 Å². The molecule has 4 radical (unpaired) electrons. The number of hydrogen-bond acceptors (Lipinski definition) is 3. The molecule has 0 saturated carbocycles. The predicted octanol–water partition coefficient (Wildman–Crippen LogP) is 1.19. The fraction of sp³-hybridized carbons (Fsp3) is 0.455. The van der Waals surface area contributed by atoms with Gasteiger partial charge in [-0.1, -0.05) is 23.7 Å². The molecule has 1 aromatic rings. The van der Waals surface area contributed by atoms with Crippen molar-refractivity contribution in [2.45, 2.75) is 18.2 Å². The van der Waals surface area contributed by atoms with Crippen molar-refractivity contribution in [2.24, 2.45) is 5.73 Å². The summed E-state index contributed by atoms with van der Waals surface area (Å²) >= 11 is 5.99. The van der Waals surface area contributed by atoms with E-state index in [1.807, 2.05) is 0 Å². The second kappa shape index (κ2) is 5.23. The van der Waals surface area contributed by atoms with Crippen LogP contribution in [0.4, 0.5) is 0 Å². The Bertz CT molecular complexity index is 411. The lowest BCUT2D eigenvalue weighted by molar-refractivity contribution is 0.395. The monoisotopic (exact) mass is 249 g/mol. The molecule has 0 aliphatic carbocycles. The zero-order chi connectivity index (χ0) is 13.2. The van der Waals surface area contributed by atoms with Crippen LogP contribution in [-0.2, 0) is 5.21 Å². The number of hydrogen-bond donors (Lipinski definition) is 1. The van der Waals surface area contributed by atoms with Crippen molar-refractivity contribution in [3.05, 3.63) is 22.7 Å². The summed E-state index contributed by atoms with van der Waals surface area (Å²) in [4.78, 5) is 0. The van der Waals surface area contributed by atoms with Crippen molar-refractivity contribution >= 4 is 27.3 Å². The Morgan fingerprint density at radius 3 is 2.18 bits per heavy atom. The summed E-state index contributed by atoms with van der Waals surface area (Å²) in [5, 5.41) is -0.794. The number of rotatable bonds is 4. The van der Waals surface area contributed by atoms with E-state index in [9.17, 15) is 0 Å². The molecule has 1 atom stereocenters. The predicted molar refractivity (Wildman–Crippen MR) is 71.4 cm³/mol. The van der Waals surface area contributed by atoms with E-state index in [4.69, 9.17) is 42.5 Å². The van der Waals surface area contributed by atoms with Crippen LogP contribution >= 0.6 is 11.6 Å². The second-order valence-corrected chi connectivity index (χ2v) is 4.32. The highest BCUT2D eigenvalue weighted by Crippen LogP contribution is 2.37. The summed E-state index contributed by atoms with van der Waals surface area (Å²) in [7, 11) is 15.0. The molecule has 1 rings (SSSR count). The number of methoxy groups -OCH3 is 2. The average Bonchev–Trinajstić information content (AvgIpc) is 2.27. The molecule has 88 valence electrons. The largest absolute Gasteiger partial charge is 0.496 e. The third-order valence-corrected chi connectivity index (χ3v) is 2.99. The molecular weight excluding hydrogens is 235 g/mol. The van der Waals surface area contributed by atoms with Crippen molar-refractivity contribution in [1.29, 1.82) is 0 Å². The molecule has 0 aliphatic heterocycles. The van der Waals surface area contributed by atoms with Crippen LogP contribution in [-0.4, -0.2) is 36.0 Å². The Hall–Kier alpha value is -0.800. The molecule has 0 heterocycles. The molecule has 3 nitrogen and oxygen atoms in total. The van der Waals surface area contributed by atoms with Crippen molar-refractivity contribution in [1.82, 2.24) is 0 Å². The fourth-order valence-corrected chi connectivity index (χ4v) is 1.67. The summed E-state index contributed by atoms with van der Waals surface area (Å²) in [6.45, 7) is 1.72. The Morgan fingerprint density at radius 2 is 1.76 bits per heavy atom. The van der Waals surface area contributed by atoms with Gasteiger partial charge in [-0.05, 0) is 17.7 Å². The molecule has 0 aromatic heterocycles. The van der Waals surface area contributed by atoms with E-state index in [-0.39, 0.29) is 0 Å². The minimum atomic E-state index is -1.22. The Kier molecular flexibility index (Phi) is 4.39. The van der Waals surface area contributed by atoms with E-state index in [0.29, 0.717) is 22.1 Å². The maximum absolute atomic E-state index is 6.01. The number of benzene rings is 1. The lowest BCUT2D eigenvalue weighted by Gasteiger charge is -2.32. The van der Waals surface area contributed by atoms with Crippen LogP contribution < -0.4 is 15.2 Å². The van der Waals surface area contributed by atoms with Crippen molar-refractivity contribution in [2.75, 3.05) is 14.2 Å². The van der Waals surface area contributed by atoms with Gasteiger partial charge in [-0.15, -0.1) is 0 Å². The van der Waals surface area contributed by atoms with Crippen LogP contribution in [0, 0.1) is 0 Å². The summed E-state index contributed by atoms with van der Waals surface area (Å²) < 4.78 is 10.3. The first kappa shape index (κ1) is 14.3. The lowest BCUT2D eigenvalue weighted by atomic mass is 9.47. The normalized spacial score (nSPS) is 13.2. The zero-order valence-corrected chi connectivity index (χ0v) is 10.9. The highest BCUT2D eigenvalue weighted by Gasteiger charge is 2.28. The topological polar surface area (TPSA) is 44.5 Å². The first-order valence-electron chi connectivity index (χ1n) is 5.10. The maximum atomic E-state index is 6.01. The minimum absolute atomic E-state index is 0.425. The van der Waals surface area contributed by atoms with E-state index in [2.05, 4.69) is 0 Å². The maximum Gasteiger partial charge on any atom is 0.137 e. The van der Waals surface area contributed by atoms with Gasteiger partial charge in [0.25, 0.3) is 0 Å². The highest BCUT2D eigenvalue weighted by atomic mass is 35.5. The van der Waals surface area contributed by atoms with Crippen LogP contribution in [0.3, 0.4) is 0 Å². The van der Waals surface area contributed by atoms with Gasteiger partial charge >= 0.3 is 0 Å². The van der Waals surface area contributed by atoms with Gasteiger partial charge in [0.1, 0.15) is 11.5 Å². The molecule has 0 aliphatic rings. The minimum Gasteiger partial charge on any atom is -0.496 e. The fourth-order valence-electron chi connectivity index (χ4n) is 1.44. The SMILES string of the molecule is [B]C([B])(c1cc(OC)c(Cl)cc1OC)[C@@H](C)N. The first-order valence-corrected chi connectivity index (χ1v) is 5.47. The van der Waals surface area contributed by atoms with Gasteiger partial charge in [0.15, 0.2) is 0 Å². The molecule has 0 amide bonds. The van der Waals surface area contributed by atoms with Gasteiger partial charge in [0, 0.05) is 6.07 Å². The van der Waals surface area contributed by atoms with E-state index in [0.717, 1.165) is 0 Å². The van der Waals surface area contributed by atoms with Gasteiger partial charge in [-0.2, -0.15) is 0 Å². The molecule has 0 fully saturated rings. The molecule has 17 heavy (non-hydrogen) atoms. The Morgan fingerprint density at radius 1 is 1.24 bits per heavy atom. The summed E-state index contributed by atoms with van der Waals surface area (Å²) in [5.74, 6) is 0.960. The third kappa shape index (κ3) is 2.72. The van der Waals surface area contributed by atoms with Crippen LogP contribution in [0.25, 0.3) is 0 Å². The number of halogens is 1. The molecular formula is C11H14B2ClNO2. The molecule has 0 bridgehead atoms.